The Morgan fingerprint density at radius 1 is 1.08 bits per heavy atom. The van der Waals surface area contributed by atoms with Crippen molar-refractivity contribution in [2.45, 2.75) is 50.2 Å². The lowest BCUT2D eigenvalue weighted by molar-refractivity contribution is -0.120. The monoisotopic (exact) mass is 508 g/mol. The van der Waals surface area contributed by atoms with E-state index in [2.05, 4.69) is 5.32 Å². The lowest BCUT2D eigenvalue weighted by atomic mass is 9.89. The molecule has 1 amide bonds. The molecule has 1 heterocycles. The van der Waals surface area contributed by atoms with Gasteiger partial charge in [-0.3, -0.25) is 9.10 Å². The number of anilines is 1. The Kier molecular flexibility index (Phi) is 7.26. The number of hydrogen-bond acceptors (Lipinski definition) is 5. The largest absolute Gasteiger partial charge is 0.497 e. The van der Waals surface area contributed by atoms with E-state index >= 15 is 0 Å². The fourth-order valence-corrected chi connectivity index (χ4v) is 5.83. The molecule has 0 saturated heterocycles. The van der Waals surface area contributed by atoms with E-state index in [0.717, 1.165) is 21.9 Å². The maximum absolute atomic E-state index is 13.6. The predicted octanol–water partition coefficient (Wildman–Crippen LogP) is 4.87. The fourth-order valence-electron chi connectivity index (χ4n) is 4.39. The van der Waals surface area contributed by atoms with Crippen LogP contribution in [0.4, 0.5) is 5.69 Å². The second-order valence-corrected chi connectivity index (χ2v) is 11.3. The predicted molar refractivity (Wildman–Crippen MR) is 140 cm³/mol. The van der Waals surface area contributed by atoms with Gasteiger partial charge in [0, 0.05) is 12.0 Å². The molecule has 190 valence electrons. The van der Waals surface area contributed by atoms with Crippen molar-refractivity contribution >= 4 is 21.6 Å². The number of sulfonamides is 1. The van der Waals surface area contributed by atoms with Crippen molar-refractivity contribution < 1.29 is 22.7 Å². The van der Waals surface area contributed by atoms with Crippen LogP contribution in [-0.2, 0) is 21.2 Å². The van der Waals surface area contributed by atoms with Crippen molar-refractivity contribution in [2.24, 2.45) is 0 Å². The van der Waals surface area contributed by atoms with Crippen molar-refractivity contribution in [3.05, 3.63) is 83.9 Å². The summed E-state index contributed by atoms with van der Waals surface area (Å²) < 4.78 is 39.8. The molecule has 8 heteroatoms. The molecule has 0 aliphatic carbocycles. The molecule has 0 saturated carbocycles. The average Bonchev–Trinajstić information content (AvgIpc) is 2.87. The van der Waals surface area contributed by atoms with Gasteiger partial charge in [0.25, 0.3) is 10.0 Å². The minimum Gasteiger partial charge on any atom is -0.497 e. The van der Waals surface area contributed by atoms with Crippen LogP contribution >= 0.6 is 0 Å². The molecule has 7 nitrogen and oxygen atoms in total. The molecule has 0 fully saturated rings. The van der Waals surface area contributed by atoms with Crippen molar-refractivity contribution in [1.82, 2.24) is 5.32 Å². The third kappa shape index (κ3) is 5.49. The standard InChI is InChI=1S/C28H32N2O5S/c1-5-20-11-13-21(14-12-20)30(36(32,33)23-9-7-6-8-10-23)19-27(31)29-25-18-28(2,3)35-26-16-15-22(34-4)17-24(25)26/h6-17,25H,5,18-19H2,1-4H3,(H,29,31). The first kappa shape index (κ1) is 25.6. The van der Waals surface area contributed by atoms with Crippen LogP contribution in [0.3, 0.4) is 0 Å². The van der Waals surface area contributed by atoms with E-state index < -0.39 is 21.5 Å². The van der Waals surface area contributed by atoms with Crippen molar-refractivity contribution in [3.63, 3.8) is 0 Å². The minimum absolute atomic E-state index is 0.125. The van der Waals surface area contributed by atoms with E-state index in [9.17, 15) is 13.2 Å². The first-order valence-electron chi connectivity index (χ1n) is 12.0. The van der Waals surface area contributed by atoms with Gasteiger partial charge >= 0.3 is 0 Å². The molecule has 1 atom stereocenters. The summed E-state index contributed by atoms with van der Waals surface area (Å²) in [5, 5.41) is 3.05. The molecule has 0 bridgehead atoms. The van der Waals surface area contributed by atoms with Gasteiger partial charge in [-0.15, -0.1) is 0 Å². The number of nitrogens with zero attached hydrogens (tertiary/aromatic N) is 1. The van der Waals surface area contributed by atoms with Gasteiger partial charge in [-0.1, -0.05) is 37.3 Å². The zero-order chi connectivity index (χ0) is 25.9. The van der Waals surface area contributed by atoms with Crippen LogP contribution in [0.5, 0.6) is 11.5 Å². The summed E-state index contributed by atoms with van der Waals surface area (Å²) in [6, 6.07) is 20.5. The van der Waals surface area contributed by atoms with Crippen LogP contribution in [0.1, 0.15) is 44.4 Å². The van der Waals surface area contributed by atoms with Crippen LogP contribution < -0.4 is 19.1 Å². The molecule has 0 aromatic heterocycles. The maximum Gasteiger partial charge on any atom is 0.264 e. The van der Waals surface area contributed by atoms with Crippen molar-refractivity contribution in [3.8, 4) is 11.5 Å². The Labute approximate surface area is 213 Å². The van der Waals surface area contributed by atoms with Crippen LogP contribution in [0.25, 0.3) is 0 Å². The summed E-state index contributed by atoms with van der Waals surface area (Å²) in [6.07, 6.45) is 1.35. The Bertz CT molecular complexity index is 1320. The molecule has 1 aliphatic rings. The molecule has 0 spiro atoms. The second-order valence-electron chi connectivity index (χ2n) is 9.43. The van der Waals surface area contributed by atoms with Gasteiger partial charge in [-0.25, -0.2) is 8.42 Å². The summed E-state index contributed by atoms with van der Waals surface area (Å²) in [5.41, 5.74) is 1.80. The Morgan fingerprint density at radius 2 is 1.78 bits per heavy atom. The summed E-state index contributed by atoms with van der Waals surface area (Å²) in [6.45, 7) is 5.59. The van der Waals surface area contributed by atoms with Gasteiger partial charge in [0.2, 0.25) is 5.91 Å². The lowest BCUT2D eigenvalue weighted by Gasteiger charge is -2.38. The number of aryl methyl sites for hydroxylation is 1. The Balaban J connectivity index is 1.65. The quantitative estimate of drug-likeness (QED) is 0.469. The zero-order valence-electron chi connectivity index (χ0n) is 21.0. The highest BCUT2D eigenvalue weighted by molar-refractivity contribution is 7.92. The molecule has 1 aliphatic heterocycles. The second kappa shape index (κ2) is 10.2. The van der Waals surface area contributed by atoms with Gasteiger partial charge in [-0.2, -0.15) is 0 Å². The first-order valence-corrected chi connectivity index (χ1v) is 13.4. The van der Waals surface area contributed by atoms with Gasteiger partial charge < -0.3 is 14.8 Å². The number of carbonyl (C=O) groups excluding carboxylic acids is 1. The summed E-state index contributed by atoms with van der Waals surface area (Å²) in [7, 11) is -2.39. The van der Waals surface area contributed by atoms with E-state index in [-0.39, 0.29) is 17.5 Å². The van der Waals surface area contributed by atoms with E-state index in [4.69, 9.17) is 9.47 Å². The minimum atomic E-state index is -3.98. The van der Waals surface area contributed by atoms with Gasteiger partial charge in [0.05, 0.1) is 23.7 Å². The van der Waals surface area contributed by atoms with Gasteiger partial charge in [-0.05, 0) is 68.3 Å². The lowest BCUT2D eigenvalue weighted by Crippen LogP contribution is -2.45. The smallest absolute Gasteiger partial charge is 0.264 e. The molecule has 3 aromatic carbocycles. The van der Waals surface area contributed by atoms with Crippen molar-refractivity contribution in [2.75, 3.05) is 18.0 Å². The average molecular weight is 509 g/mol. The normalized spacial score (nSPS) is 16.4. The van der Waals surface area contributed by atoms with Gasteiger partial charge in [0.1, 0.15) is 23.6 Å². The SMILES string of the molecule is CCc1ccc(N(CC(=O)NC2CC(C)(C)Oc3ccc(OC)cc32)S(=O)(=O)c2ccccc2)cc1. The molecule has 3 aromatic rings. The molecule has 1 unspecified atom stereocenters. The van der Waals surface area contributed by atoms with Crippen LogP contribution in [0.2, 0.25) is 0 Å². The van der Waals surface area contributed by atoms with E-state index in [0.29, 0.717) is 23.6 Å². The molecule has 1 N–H and O–H groups in total. The number of fused-ring (bicyclic) bond motifs is 1. The molecular weight excluding hydrogens is 476 g/mol. The fraction of sp³-hybridized carbons (Fsp3) is 0.321. The topological polar surface area (TPSA) is 84.9 Å². The molecule has 4 rings (SSSR count). The number of hydrogen-bond donors (Lipinski definition) is 1. The summed E-state index contributed by atoms with van der Waals surface area (Å²) >= 11 is 0. The third-order valence-corrected chi connectivity index (χ3v) is 8.05. The number of methoxy groups -OCH3 is 1. The summed E-state index contributed by atoms with van der Waals surface area (Å²) in [5.74, 6) is 0.910. The van der Waals surface area contributed by atoms with Crippen molar-refractivity contribution in [1.29, 1.82) is 0 Å². The Morgan fingerprint density at radius 3 is 2.42 bits per heavy atom. The highest BCUT2D eigenvalue weighted by Gasteiger charge is 2.36. The molecule has 36 heavy (non-hydrogen) atoms. The zero-order valence-corrected chi connectivity index (χ0v) is 21.8. The number of carbonyl (C=O) groups is 1. The Hall–Kier alpha value is -3.52. The maximum atomic E-state index is 13.6. The highest BCUT2D eigenvalue weighted by Crippen LogP contribution is 2.41. The van der Waals surface area contributed by atoms with E-state index in [1.807, 2.05) is 51.1 Å². The first-order chi connectivity index (χ1) is 17.1. The number of benzene rings is 3. The number of nitrogens with one attached hydrogen (secondary N) is 1. The number of amides is 1. The van der Waals surface area contributed by atoms with Crippen LogP contribution in [-0.4, -0.2) is 33.6 Å². The number of rotatable bonds is 8. The van der Waals surface area contributed by atoms with Crippen LogP contribution in [0, 0.1) is 0 Å². The third-order valence-electron chi connectivity index (χ3n) is 6.26. The van der Waals surface area contributed by atoms with E-state index in [1.165, 1.54) is 12.1 Å². The number of ether oxygens (including phenoxy) is 2. The summed E-state index contributed by atoms with van der Waals surface area (Å²) in [4.78, 5) is 13.5. The molecular formula is C28H32N2O5S. The highest BCUT2D eigenvalue weighted by atomic mass is 32.2. The van der Waals surface area contributed by atoms with E-state index in [1.54, 1.807) is 37.4 Å². The van der Waals surface area contributed by atoms with Gasteiger partial charge in [0.15, 0.2) is 0 Å². The molecule has 0 radical (unpaired) electrons. The van der Waals surface area contributed by atoms with Crippen LogP contribution in [0.15, 0.2) is 77.7 Å².